The van der Waals surface area contributed by atoms with Crippen molar-refractivity contribution in [3.05, 3.63) is 0 Å². The van der Waals surface area contributed by atoms with Crippen LogP contribution < -0.4 is 5.32 Å². The number of aliphatic imine (C=N–C) groups is 1. The number of ether oxygens (including phenoxy) is 2. The molecule has 0 aliphatic carbocycles. The summed E-state index contributed by atoms with van der Waals surface area (Å²) in [6, 6.07) is 0. The van der Waals surface area contributed by atoms with E-state index in [2.05, 4.69) is 15.2 Å². The number of hydrogen-bond acceptors (Lipinski definition) is 4. The van der Waals surface area contributed by atoms with E-state index in [1.807, 2.05) is 0 Å². The van der Waals surface area contributed by atoms with Crippen LogP contribution in [0.5, 0.6) is 0 Å². The molecule has 2 aliphatic rings. The zero-order chi connectivity index (χ0) is 21.1. The molecule has 2 aliphatic heterocycles. The third-order valence-electron chi connectivity index (χ3n) is 5.61. The molecule has 0 saturated carbocycles. The number of guanidine groups is 1. The Kier molecular flexibility index (Phi) is 13.6. The van der Waals surface area contributed by atoms with Crippen LogP contribution in [0, 0.1) is 11.8 Å². The molecule has 1 atom stereocenters. The molecule has 2 fully saturated rings. The Bertz CT molecular complexity index is 491. The molecule has 2 heterocycles. The standard InChI is InChI=1S/C20H37F3N4O2.HI/c1-3-26(16-20(21,22)23)13-18-5-9-27(14-18)19(24-2)25-8-4-10-29-15-17-6-11-28-12-7-17;/h17-18H,3-16H2,1-2H3,(H,24,25);1H. The van der Waals surface area contributed by atoms with E-state index < -0.39 is 12.7 Å². The molecule has 0 amide bonds. The first kappa shape index (κ1) is 27.7. The lowest BCUT2D eigenvalue weighted by molar-refractivity contribution is -0.146. The van der Waals surface area contributed by atoms with Gasteiger partial charge in [-0.1, -0.05) is 6.92 Å². The smallest absolute Gasteiger partial charge is 0.381 e. The van der Waals surface area contributed by atoms with Gasteiger partial charge in [-0.2, -0.15) is 13.2 Å². The highest BCUT2D eigenvalue weighted by Gasteiger charge is 2.32. The molecule has 2 saturated heterocycles. The molecule has 1 unspecified atom stereocenters. The fourth-order valence-electron chi connectivity index (χ4n) is 3.97. The molecule has 1 N–H and O–H groups in total. The summed E-state index contributed by atoms with van der Waals surface area (Å²) in [7, 11) is 1.75. The Hall–Kier alpha value is -0.330. The molecular formula is C20H38F3IN4O2. The first-order chi connectivity index (χ1) is 13.9. The second-order valence-electron chi connectivity index (χ2n) is 8.00. The van der Waals surface area contributed by atoms with Gasteiger partial charge in [-0.05, 0) is 44.1 Å². The van der Waals surface area contributed by atoms with Crippen LogP contribution in [0.3, 0.4) is 0 Å². The second kappa shape index (κ2) is 14.7. The molecule has 178 valence electrons. The van der Waals surface area contributed by atoms with E-state index in [4.69, 9.17) is 9.47 Å². The predicted molar refractivity (Wildman–Crippen MR) is 124 cm³/mol. The maximum Gasteiger partial charge on any atom is 0.401 e. The van der Waals surface area contributed by atoms with Crippen molar-refractivity contribution >= 4 is 29.9 Å². The molecule has 10 heteroatoms. The Labute approximate surface area is 195 Å². The lowest BCUT2D eigenvalue weighted by Crippen LogP contribution is -2.42. The number of halogens is 4. The summed E-state index contributed by atoms with van der Waals surface area (Å²) in [5.74, 6) is 1.68. The van der Waals surface area contributed by atoms with Crippen molar-refractivity contribution in [3.63, 3.8) is 0 Å². The molecule has 2 rings (SSSR count). The van der Waals surface area contributed by atoms with E-state index in [0.717, 1.165) is 71.1 Å². The summed E-state index contributed by atoms with van der Waals surface area (Å²) in [5.41, 5.74) is 0. The lowest BCUT2D eigenvalue weighted by Gasteiger charge is -2.26. The normalized spacial score (nSPS) is 21.2. The van der Waals surface area contributed by atoms with E-state index in [9.17, 15) is 13.2 Å². The van der Waals surface area contributed by atoms with Gasteiger partial charge in [-0.3, -0.25) is 9.89 Å². The van der Waals surface area contributed by atoms with E-state index in [-0.39, 0.29) is 29.9 Å². The van der Waals surface area contributed by atoms with Crippen LogP contribution in [-0.4, -0.2) is 94.7 Å². The molecular weight excluding hydrogens is 512 g/mol. The quantitative estimate of drug-likeness (QED) is 0.196. The summed E-state index contributed by atoms with van der Waals surface area (Å²) < 4.78 is 49.1. The van der Waals surface area contributed by atoms with E-state index in [1.165, 1.54) is 4.90 Å². The van der Waals surface area contributed by atoms with Crippen LogP contribution in [0.15, 0.2) is 4.99 Å². The molecule has 0 aromatic rings. The Morgan fingerprint density at radius 1 is 1.23 bits per heavy atom. The summed E-state index contributed by atoms with van der Waals surface area (Å²) in [6.07, 6.45) is -0.185. The third kappa shape index (κ3) is 10.8. The summed E-state index contributed by atoms with van der Waals surface area (Å²) in [6.45, 7) is 7.39. The minimum Gasteiger partial charge on any atom is -0.381 e. The number of likely N-dealkylation sites (tertiary alicyclic amines) is 1. The molecule has 0 spiro atoms. The van der Waals surface area contributed by atoms with Gasteiger partial charge >= 0.3 is 6.18 Å². The van der Waals surface area contributed by atoms with Gasteiger partial charge in [0.1, 0.15) is 0 Å². The van der Waals surface area contributed by atoms with Gasteiger partial charge in [0.2, 0.25) is 0 Å². The van der Waals surface area contributed by atoms with Crippen LogP contribution in [-0.2, 0) is 9.47 Å². The van der Waals surface area contributed by atoms with Gasteiger partial charge < -0.3 is 19.7 Å². The van der Waals surface area contributed by atoms with Gasteiger partial charge in [-0.25, -0.2) is 0 Å². The minimum absolute atomic E-state index is 0. The minimum atomic E-state index is -4.14. The number of nitrogens with zero attached hydrogens (tertiary/aromatic N) is 3. The lowest BCUT2D eigenvalue weighted by atomic mass is 10.0. The zero-order valence-corrected chi connectivity index (χ0v) is 20.6. The van der Waals surface area contributed by atoms with Crippen molar-refractivity contribution in [3.8, 4) is 0 Å². The molecule has 0 aromatic carbocycles. The van der Waals surface area contributed by atoms with Crippen LogP contribution >= 0.6 is 24.0 Å². The predicted octanol–water partition coefficient (Wildman–Crippen LogP) is 3.22. The van der Waals surface area contributed by atoms with Gasteiger partial charge in [0, 0.05) is 59.7 Å². The summed E-state index contributed by atoms with van der Waals surface area (Å²) in [5, 5.41) is 3.36. The molecule has 0 bridgehead atoms. The largest absolute Gasteiger partial charge is 0.401 e. The van der Waals surface area contributed by atoms with Gasteiger partial charge in [-0.15, -0.1) is 24.0 Å². The Balaban J connectivity index is 0.00000450. The number of hydrogen-bond donors (Lipinski definition) is 1. The third-order valence-corrected chi connectivity index (χ3v) is 5.61. The topological polar surface area (TPSA) is 49.3 Å². The average molecular weight is 550 g/mol. The van der Waals surface area contributed by atoms with Crippen molar-refractivity contribution in [2.24, 2.45) is 16.8 Å². The number of alkyl halides is 3. The van der Waals surface area contributed by atoms with Gasteiger partial charge in [0.15, 0.2) is 5.96 Å². The molecule has 0 radical (unpaired) electrons. The SMILES string of the molecule is CCN(CC1CCN(C(=NC)NCCCOCC2CCOCC2)C1)CC(F)(F)F.I. The highest BCUT2D eigenvalue weighted by molar-refractivity contribution is 14.0. The van der Waals surface area contributed by atoms with Crippen molar-refractivity contribution in [1.82, 2.24) is 15.1 Å². The fraction of sp³-hybridized carbons (Fsp3) is 0.950. The first-order valence-corrected chi connectivity index (χ1v) is 10.8. The van der Waals surface area contributed by atoms with Crippen LogP contribution in [0.4, 0.5) is 13.2 Å². The van der Waals surface area contributed by atoms with E-state index in [1.54, 1.807) is 14.0 Å². The van der Waals surface area contributed by atoms with E-state index >= 15 is 0 Å². The van der Waals surface area contributed by atoms with Crippen LogP contribution in [0.1, 0.15) is 32.6 Å². The highest BCUT2D eigenvalue weighted by atomic mass is 127. The average Bonchev–Trinajstić information content (AvgIpc) is 3.15. The Morgan fingerprint density at radius 2 is 1.97 bits per heavy atom. The number of rotatable bonds is 10. The molecule has 30 heavy (non-hydrogen) atoms. The van der Waals surface area contributed by atoms with Crippen molar-refractivity contribution in [2.45, 2.75) is 38.8 Å². The monoisotopic (exact) mass is 550 g/mol. The highest BCUT2D eigenvalue weighted by Crippen LogP contribution is 2.21. The van der Waals surface area contributed by atoms with Crippen LogP contribution in [0.2, 0.25) is 0 Å². The van der Waals surface area contributed by atoms with Crippen molar-refractivity contribution < 1.29 is 22.6 Å². The summed E-state index contributed by atoms with van der Waals surface area (Å²) >= 11 is 0. The molecule has 0 aromatic heterocycles. The van der Waals surface area contributed by atoms with Gasteiger partial charge in [0.05, 0.1) is 6.54 Å². The maximum absolute atomic E-state index is 12.7. The van der Waals surface area contributed by atoms with Crippen LogP contribution in [0.25, 0.3) is 0 Å². The van der Waals surface area contributed by atoms with Crippen molar-refractivity contribution in [1.29, 1.82) is 0 Å². The second-order valence-corrected chi connectivity index (χ2v) is 8.00. The molecule has 6 nitrogen and oxygen atoms in total. The van der Waals surface area contributed by atoms with Gasteiger partial charge in [0.25, 0.3) is 0 Å². The Morgan fingerprint density at radius 3 is 2.60 bits per heavy atom. The zero-order valence-electron chi connectivity index (χ0n) is 18.3. The van der Waals surface area contributed by atoms with Crippen molar-refractivity contribution in [2.75, 3.05) is 72.7 Å². The first-order valence-electron chi connectivity index (χ1n) is 10.8. The number of nitrogens with one attached hydrogen (secondary N) is 1. The summed E-state index contributed by atoms with van der Waals surface area (Å²) in [4.78, 5) is 7.97. The van der Waals surface area contributed by atoms with E-state index in [0.29, 0.717) is 25.6 Å². The maximum atomic E-state index is 12.7. The fourth-order valence-corrected chi connectivity index (χ4v) is 3.97.